The zero-order valence-electron chi connectivity index (χ0n) is 7.96. The number of aromatic nitrogens is 2. The average Bonchev–Trinajstić information content (AvgIpc) is 2.57. The molecule has 0 amide bonds. The van der Waals surface area contributed by atoms with Crippen molar-refractivity contribution in [2.45, 2.75) is 6.92 Å². The second-order valence-electron chi connectivity index (χ2n) is 3.09. The molecule has 3 heteroatoms. The normalized spacial score (nSPS) is 9.86. The minimum Gasteiger partial charge on any atom is -0.320 e. The molecule has 1 aromatic carbocycles. The SMILES string of the molecule is Cc1[nH]nc2cc(C#CCN)ccc12. The van der Waals surface area contributed by atoms with Gasteiger partial charge in [-0.1, -0.05) is 11.8 Å². The third-order valence-electron chi connectivity index (χ3n) is 2.08. The zero-order valence-corrected chi connectivity index (χ0v) is 7.96. The molecule has 0 atom stereocenters. The van der Waals surface area contributed by atoms with Gasteiger partial charge in [-0.2, -0.15) is 5.10 Å². The van der Waals surface area contributed by atoms with Crippen molar-refractivity contribution < 1.29 is 0 Å². The smallest absolute Gasteiger partial charge is 0.0936 e. The van der Waals surface area contributed by atoms with Crippen molar-refractivity contribution in [1.29, 1.82) is 0 Å². The number of rotatable bonds is 0. The molecule has 0 radical (unpaired) electrons. The highest BCUT2D eigenvalue weighted by molar-refractivity contribution is 5.82. The van der Waals surface area contributed by atoms with Crippen LogP contribution in [0.3, 0.4) is 0 Å². The van der Waals surface area contributed by atoms with Crippen molar-refractivity contribution in [1.82, 2.24) is 10.2 Å². The van der Waals surface area contributed by atoms with Gasteiger partial charge in [0.05, 0.1) is 12.1 Å². The minimum atomic E-state index is 0.387. The summed E-state index contributed by atoms with van der Waals surface area (Å²) < 4.78 is 0. The Bertz CT molecular complexity index is 514. The Kier molecular flexibility index (Phi) is 2.21. The van der Waals surface area contributed by atoms with E-state index in [9.17, 15) is 0 Å². The fourth-order valence-corrected chi connectivity index (χ4v) is 1.38. The van der Waals surface area contributed by atoms with Gasteiger partial charge in [0.1, 0.15) is 0 Å². The first-order chi connectivity index (χ1) is 6.81. The first kappa shape index (κ1) is 8.79. The Morgan fingerprint density at radius 2 is 2.36 bits per heavy atom. The van der Waals surface area contributed by atoms with Crippen LogP contribution in [0.15, 0.2) is 18.2 Å². The van der Waals surface area contributed by atoms with Gasteiger partial charge >= 0.3 is 0 Å². The highest BCUT2D eigenvalue weighted by Crippen LogP contribution is 2.15. The number of benzene rings is 1. The first-order valence-electron chi connectivity index (χ1n) is 4.45. The predicted octanol–water partition coefficient (Wildman–Crippen LogP) is 1.18. The van der Waals surface area contributed by atoms with Crippen LogP contribution in [-0.2, 0) is 0 Å². The van der Waals surface area contributed by atoms with E-state index in [1.54, 1.807) is 0 Å². The lowest BCUT2D eigenvalue weighted by molar-refractivity contribution is 1.07. The van der Waals surface area contributed by atoms with Crippen molar-refractivity contribution in [3.63, 3.8) is 0 Å². The van der Waals surface area contributed by atoms with Crippen LogP contribution < -0.4 is 5.73 Å². The molecule has 3 N–H and O–H groups in total. The lowest BCUT2D eigenvalue weighted by Gasteiger charge is -1.91. The zero-order chi connectivity index (χ0) is 9.97. The van der Waals surface area contributed by atoms with Crippen LogP contribution in [0.4, 0.5) is 0 Å². The molecular formula is C11H11N3. The van der Waals surface area contributed by atoms with Gasteiger partial charge in [-0.25, -0.2) is 0 Å². The molecule has 2 aromatic rings. The molecular weight excluding hydrogens is 174 g/mol. The standard InChI is InChI=1S/C11H11N3/c1-8-10-5-4-9(3-2-6-12)7-11(10)14-13-8/h4-5,7H,6,12H2,1H3,(H,13,14). The predicted molar refractivity (Wildman–Crippen MR) is 56.8 cm³/mol. The number of nitrogens with two attached hydrogens (primary N) is 1. The number of hydrogen-bond acceptors (Lipinski definition) is 2. The quantitative estimate of drug-likeness (QED) is 0.605. The lowest BCUT2D eigenvalue weighted by Crippen LogP contribution is -1.92. The molecule has 2 rings (SSSR count). The van der Waals surface area contributed by atoms with E-state index in [4.69, 9.17) is 5.73 Å². The molecule has 14 heavy (non-hydrogen) atoms. The maximum atomic E-state index is 5.30. The third-order valence-corrected chi connectivity index (χ3v) is 2.08. The largest absolute Gasteiger partial charge is 0.320 e. The van der Waals surface area contributed by atoms with E-state index in [-0.39, 0.29) is 0 Å². The molecule has 70 valence electrons. The van der Waals surface area contributed by atoms with E-state index in [0.717, 1.165) is 22.2 Å². The van der Waals surface area contributed by atoms with Crippen LogP contribution >= 0.6 is 0 Å². The first-order valence-corrected chi connectivity index (χ1v) is 4.45. The third kappa shape index (κ3) is 1.48. The number of fused-ring (bicyclic) bond motifs is 1. The molecule has 0 saturated carbocycles. The summed E-state index contributed by atoms with van der Waals surface area (Å²) in [5.41, 5.74) is 8.28. The van der Waals surface area contributed by atoms with Crippen molar-refractivity contribution >= 4 is 10.9 Å². The van der Waals surface area contributed by atoms with Crippen LogP contribution in [0.2, 0.25) is 0 Å². The number of hydrogen-bond donors (Lipinski definition) is 2. The van der Waals surface area contributed by atoms with Crippen molar-refractivity contribution in [3.05, 3.63) is 29.5 Å². The number of aryl methyl sites for hydroxylation is 1. The summed E-state index contributed by atoms with van der Waals surface area (Å²) in [4.78, 5) is 0. The molecule has 0 bridgehead atoms. The fraction of sp³-hybridized carbons (Fsp3) is 0.182. The fourth-order valence-electron chi connectivity index (χ4n) is 1.38. The highest BCUT2D eigenvalue weighted by Gasteiger charge is 2.00. The van der Waals surface area contributed by atoms with Crippen molar-refractivity contribution in [2.24, 2.45) is 5.73 Å². The minimum absolute atomic E-state index is 0.387. The molecule has 0 unspecified atom stereocenters. The van der Waals surface area contributed by atoms with Gasteiger partial charge in [0.25, 0.3) is 0 Å². The number of nitrogens with zero attached hydrogens (tertiary/aromatic N) is 1. The Morgan fingerprint density at radius 3 is 3.14 bits per heavy atom. The van der Waals surface area contributed by atoms with E-state index < -0.39 is 0 Å². The van der Waals surface area contributed by atoms with Gasteiger partial charge < -0.3 is 5.73 Å². The molecule has 1 heterocycles. The molecule has 0 saturated heterocycles. The summed E-state index contributed by atoms with van der Waals surface area (Å²) in [5.74, 6) is 5.79. The second kappa shape index (κ2) is 3.52. The molecule has 0 aliphatic rings. The van der Waals surface area contributed by atoms with Crippen LogP contribution in [0.25, 0.3) is 10.9 Å². The van der Waals surface area contributed by atoms with Crippen LogP contribution in [-0.4, -0.2) is 16.7 Å². The number of H-pyrrole nitrogens is 1. The van der Waals surface area contributed by atoms with E-state index >= 15 is 0 Å². The Morgan fingerprint density at radius 1 is 1.50 bits per heavy atom. The maximum absolute atomic E-state index is 5.30. The summed E-state index contributed by atoms with van der Waals surface area (Å²) in [6.07, 6.45) is 0. The topological polar surface area (TPSA) is 54.7 Å². The summed E-state index contributed by atoms with van der Waals surface area (Å²) in [6.45, 7) is 2.39. The van der Waals surface area contributed by atoms with Gasteiger partial charge in [-0.3, -0.25) is 5.10 Å². The Labute approximate surface area is 82.3 Å². The number of nitrogens with one attached hydrogen (secondary N) is 1. The van der Waals surface area contributed by atoms with Crippen LogP contribution in [0.1, 0.15) is 11.3 Å². The second-order valence-corrected chi connectivity index (χ2v) is 3.09. The van der Waals surface area contributed by atoms with Crippen LogP contribution in [0.5, 0.6) is 0 Å². The average molecular weight is 185 g/mol. The van der Waals surface area contributed by atoms with Gasteiger partial charge in [0.2, 0.25) is 0 Å². The molecule has 0 aliphatic heterocycles. The molecule has 0 spiro atoms. The van der Waals surface area contributed by atoms with E-state index in [0.29, 0.717) is 6.54 Å². The summed E-state index contributed by atoms with van der Waals surface area (Å²) in [6, 6.07) is 5.96. The molecule has 3 nitrogen and oxygen atoms in total. The van der Waals surface area contributed by atoms with Gasteiger partial charge in [-0.05, 0) is 25.1 Å². The van der Waals surface area contributed by atoms with Crippen LogP contribution in [0, 0.1) is 18.8 Å². The molecule has 0 aliphatic carbocycles. The van der Waals surface area contributed by atoms with Crippen molar-refractivity contribution in [2.75, 3.05) is 6.54 Å². The molecule has 1 aromatic heterocycles. The van der Waals surface area contributed by atoms with Gasteiger partial charge in [-0.15, -0.1) is 0 Å². The van der Waals surface area contributed by atoms with Gasteiger partial charge in [0, 0.05) is 16.6 Å². The van der Waals surface area contributed by atoms with E-state index in [1.807, 2.05) is 25.1 Å². The summed E-state index contributed by atoms with van der Waals surface area (Å²) in [5, 5.41) is 8.24. The Hall–Kier alpha value is -1.79. The Balaban J connectivity index is 2.52. The van der Waals surface area contributed by atoms with Crippen molar-refractivity contribution in [3.8, 4) is 11.8 Å². The number of aromatic amines is 1. The van der Waals surface area contributed by atoms with E-state index in [2.05, 4.69) is 22.0 Å². The maximum Gasteiger partial charge on any atom is 0.0936 e. The monoisotopic (exact) mass is 185 g/mol. The lowest BCUT2D eigenvalue weighted by atomic mass is 10.1. The highest BCUT2D eigenvalue weighted by atomic mass is 15.1. The van der Waals surface area contributed by atoms with Gasteiger partial charge in [0.15, 0.2) is 0 Å². The summed E-state index contributed by atoms with van der Waals surface area (Å²) >= 11 is 0. The van der Waals surface area contributed by atoms with E-state index in [1.165, 1.54) is 0 Å². The summed E-state index contributed by atoms with van der Waals surface area (Å²) in [7, 11) is 0. The molecule has 0 fully saturated rings.